The Bertz CT molecular complexity index is 1580. The Kier molecular flexibility index (Phi) is 7.25. The summed E-state index contributed by atoms with van der Waals surface area (Å²) >= 11 is 12.2. The second kappa shape index (κ2) is 10.4. The molecule has 1 heterocycles. The summed E-state index contributed by atoms with van der Waals surface area (Å²) in [5.41, 5.74) is 2.02. The van der Waals surface area contributed by atoms with Gasteiger partial charge in [-0.2, -0.15) is 0 Å². The SMILES string of the molecule is Cn1c(=O)n(-c2ccc(CC(NC(=O)c3c(Cl)cccc3Cl)C(=O)NO)cc2)c(=O)c2ccccc21. The number of rotatable bonds is 6. The third-order valence-corrected chi connectivity index (χ3v) is 6.36. The van der Waals surface area contributed by atoms with Gasteiger partial charge in [0.05, 0.1) is 32.2 Å². The second-order valence-corrected chi connectivity index (χ2v) is 8.78. The van der Waals surface area contributed by atoms with Crippen molar-refractivity contribution in [1.82, 2.24) is 19.9 Å². The van der Waals surface area contributed by atoms with Gasteiger partial charge in [0, 0.05) is 13.5 Å². The zero-order chi connectivity index (χ0) is 26.0. The van der Waals surface area contributed by atoms with E-state index in [1.807, 2.05) is 0 Å². The van der Waals surface area contributed by atoms with Crippen LogP contribution in [-0.4, -0.2) is 32.2 Å². The molecule has 0 aliphatic heterocycles. The molecule has 0 saturated heterocycles. The first-order valence-electron chi connectivity index (χ1n) is 10.7. The van der Waals surface area contributed by atoms with Gasteiger partial charge in [-0.05, 0) is 42.0 Å². The van der Waals surface area contributed by atoms with E-state index in [1.165, 1.54) is 22.2 Å². The van der Waals surface area contributed by atoms with Crippen molar-refractivity contribution in [2.45, 2.75) is 12.5 Å². The Morgan fingerprint density at radius 3 is 2.22 bits per heavy atom. The number of aromatic nitrogens is 2. The molecule has 184 valence electrons. The molecule has 0 fully saturated rings. The number of aryl methyl sites for hydroxylation is 1. The van der Waals surface area contributed by atoms with Crippen molar-refractivity contribution in [2.24, 2.45) is 7.05 Å². The lowest BCUT2D eigenvalue weighted by Crippen LogP contribution is -2.47. The largest absolute Gasteiger partial charge is 0.340 e. The number of hydroxylamine groups is 1. The Balaban J connectivity index is 1.63. The minimum Gasteiger partial charge on any atom is -0.340 e. The fourth-order valence-corrected chi connectivity index (χ4v) is 4.45. The van der Waals surface area contributed by atoms with E-state index in [0.717, 1.165) is 4.57 Å². The van der Waals surface area contributed by atoms with Crippen LogP contribution in [0.5, 0.6) is 0 Å². The number of halogens is 2. The van der Waals surface area contributed by atoms with Crippen molar-refractivity contribution < 1.29 is 14.8 Å². The van der Waals surface area contributed by atoms with Crippen molar-refractivity contribution in [3.8, 4) is 5.69 Å². The summed E-state index contributed by atoms with van der Waals surface area (Å²) in [6.45, 7) is 0. The summed E-state index contributed by atoms with van der Waals surface area (Å²) in [5, 5.41) is 12.3. The van der Waals surface area contributed by atoms with Gasteiger partial charge in [0.1, 0.15) is 6.04 Å². The molecule has 0 aliphatic rings. The number of benzene rings is 3. The van der Waals surface area contributed by atoms with Crippen molar-refractivity contribution in [3.63, 3.8) is 0 Å². The number of para-hydroxylation sites is 1. The lowest BCUT2D eigenvalue weighted by Gasteiger charge is -2.18. The average molecular weight is 527 g/mol. The van der Waals surface area contributed by atoms with Gasteiger partial charge in [-0.3, -0.25) is 24.2 Å². The van der Waals surface area contributed by atoms with Crippen LogP contribution in [0, 0.1) is 0 Å². The molecule has 4 rings (SSSR count). The third kappa shape index (κ3) is 4.76. The fourth-order valence-electron chi connectivity index (χ4n) is 3.88. The van der Waals surface area contributed by atoms with E-state index in [-0.39, 0.29) is 22.0 Å². The number of fused-ring (bicyclic) bond motifs is 1. The Hall–Kier alpha value is -3.92. The van der Waals surface area contributed by atoms with Crippen LogP contribution < -0.4 is 22.0 Å². The summed E-state index contributed by atoms with van der Waals surface area (Å²) in [7, 11) is 1.58. The average Bonchev–Trinajstić information content (AvgIpc) is 2.87. The van der Waals surface area contributed by atoms with Gasteiger partial charge in [-0.15, -0.1) is 0 Å². The molecule has 36 heavy (non-hydrogen) atoms. The quantitative estimate of drug-likeness (QED) is 0.263. The highest BCUT2D eigenvalue weighted by Crippen LogP contribution is 2.24. The summed E-state index contributed by atoms with van der Waals surface area (Å²) < 4.78 is 2.45. The molecule has 0 bridgehead atoms. The van der Waals surface area contributed by atoms with Gasteiger partial charge in [0.2, 0.25) is 0 Å². The van der Waals surface area contributed by atoms with Crippen LogP contribution in [-0.2, 0) is 18.3 Å². The van der Waals surface area contributed by atoms with Crippen LogP contribution in [0.15, 0.2) is 76.3 Å². The molecule has 2 amide bonds. The molecule has 1 aromatic heterocycles. The molecule has 4 aromatic rings. The maximum Gasteiger partial charge on any atom is 0.335 e. The van der Waals surface area contributed by atoms with Crippen LogP contribution in [0.2, 0.25) is 10.0 Å². The summed E-state index contributed by atoms with van der Waals surface area (Å²) in [4.78, 5) is 50.9. The van der Waals surface area contributed by atoms with Gasteiger partial charge in [-0.25, -0.2) is 14.8 Å². The van der Waals surface area contributed by atoms with Crippen LogP contribution in [0.25, 0.3) is 16.6 Å². The Morgan fingerprint density at radius 1 is 0.944 bits per heavy atom. The molecular formula is C25H20Cl2N4O5. The van der Waals surface area contributed by atoms with Gasteiger partial charge in [0.25, 0.3) is 17.4 Å². The summed E-state index contributed by atoms with van der Waals surface area (Å²) in [6.07, 6.45) is -0.00882. The van der Waals surface area contributed by atoms with E-state index in [4.69, 9.17) is 28.4 Å². The predicted octanol–water partition coefficient (Wildman–Crippen LogP) is 2.84. The van der Waals surface area contributed by atoms with Crippen LogP contribution in [0.1, 0.15) is 15.9 Å². The highest BCUT2D eigenvalue weighted by atomic mass is 35.5. The zero-order valence-corrected chi connectivity index (χ0v) is 20.4. The van der Waals surface area contributed by atoms with Gasteiger partial charge in [0.15, 0.2) is 0 Å². The first kappa shape index (κ1) is 25.2. The molecule has 3 aromatic carbocycles. The van der Waals surface area contributed by atoms with Gasteiger partial charge < -0.3 is 5.32 Å². The smallest absolute Gasteiger partial charge is 0.335 e. The van der Waals surface area contributed by atoms with E-state index < -0.39 is 29.1 Å². The molecule has 0 aliphatic carbocycles. The number of nitrogens with zero attached hydrogens (tertiary/aromatic N) is 2. The highest BCUT2D eigenvalue weighted by molar-refractivity contribution is 6.39. The lowest BCUT2D eigenvalue weighted by molar-refractivity contribution is -0.131. The maximum absolute atomic E-state index is 13.0. The van der Waals surface area contributed by atoms with E-state index in [0.29, 0.717) is 22.2 Å². The molecule has 1 atom stereocenters. The molecule has 9 nitrogen and oxygen atoms in total. The second-order valence-electron chi connectivity index (χ2n) is 7.97. The monoisotopic (exact) mass is 526 g/mol. The minimum absolute atomic E-state index is 0.00144. The van der Waals surface area contributed by atoms with E-state index in [2.05, 4.69) is 5.32 Å². The molecule has 11 heteroatoms. The number of amides is 2. The first-order valence-corrected chi connectivity index (χ1v) is 11.5. The Morgan fingerprint density at radius 2 is 1.58 bits per heavy atom. The summed E-state index contributed by atoms with van der Waals surface area (Å²) in [5.74, 6) is -1.54. The molecule has 0 saturated carbocycles. The van der Waals surface area contributed by atoms with Gasteiger partial charge in [-0.1, -0.05) is 53.5 Å². The number of carbonyl (C=O) groups excluding carboxylic acids is 2. The highest BCUT2D eigenvalue weighted by Gasteiger charge is 2.24. The first-order chi connectivity index (χ1) is 17.2. The van der Waals surface area contributed by atoms with Crippen molar-refractivity contribution >= 4 is 45.9 Å². The van der Waals surface area contributed by atoms with Crippen LogP contribution in [0.4, 0.5) is 0 Å². The fraction of sp³-hybridized carbons (Fsp3) is 0.120. The third-order valence-electron chi connectivity index (χ3n) is 5.73. The molecule has 0 radical (unpaired) electrons. The minimum atomic E-state index is -1.17. The lowest BCUT2D eigenvalue weighted by atomic mass is 10.0. The van der Waals surface area contributed by atoms with E-state index >= 15 is 0 Å². The predicted molar refractivity (Wildman–Crippen MR) is 136 cm³/mol. The topological polar surface area (TPSA) is 122 Å². The van der Waals surface area contributed by atoms with Crippen LogP contribution in [0.3, 0.4) is 0 Å². The Labute approximate surface area is 214 Å². The van der Waals surface area contributed by atoms with E-state index in [1.54, 1.807) is 61.6 Å². The van der Waals surface area contributed by atoms with Gasteiger partial charge >= 0.3 is 5.69 Å². The van der Waals surface area contributed by atoms with Crippen molar-refractivity contribution in [1.29, 1.82) is 0 Å². The maximum atomic E-state index is 13.0. The number of carbonyl (C=O) groups is 2. The molecular weight excluding hydrogens is 507 g/mol. The normalized spacial score (nSPS) is 11.8. The number of hydrogen-bond acceptors (Lipinski definition) is 5. The summed E-state index contributed by atoms with van der Waals surface area (Å²) in [6, 6.07) is 16.5. The van der Waals surface area contributed by atoms with E-state index in [9.17, 15) is 19.2 Å². The number of nitrogens with one attached hydrogen (secondary N) is 2. The molecule has 3 N–H and O–H groups in total. The van der Waals surface area contributed by atoms with Crippen molar-refractivity contribution in [2.75, 3.05) is 0 Å². The van der Waals surface area contributed by atoms with Crippen LogP contribution >= 0.6 is 23.2 Å². The standard InChI is InChI=1S/C25H20Cl2N4O5/c1-30-20-8-3-2-5-16(20)24(34)31(25(30)35)15-11-9-14(10-12-15)13-19(22(32)29-36)28-23(33)21-17(26)6-4-7-18(21)27/h2-12,19,36H,13H2,1H3,(H,28,33)(H,29,32). The number of hydrogen-bond donors (Lipinski definition) is 3. The zero-order valence-electron chi connectivity index (χ0n) is 18.9. The van der Waals surface area contributed by atoms with Crippen molar-refractivity contribution in [3.05, 3.63) is 109 Å². The molecule has 0 spiro atoms. The molecule has 1 unspecified atom stereocenters.